The predicted molar refractivity (Wildman–Crippen MR) is 90.0 cm³/mol. The summed E-state index contributed by atoms with van der Waals surface area (Å²) >= 11 is 1.07. The molecule has 3 aromatic rings. The van der Waals surface area contributed by atoms with E-state index in [1.807, 2.05) is 12.1 Å². The molecule has 0 fully saturated rings. The first-order chi connectivity index (χ1) is 11.6. The Labute approximate surface area is 141 Å². The Morgan fingerprint density at radius 1 is 1.33 bits per heavy atom. The molecule has 7 nitrogen and oxygen atoms in total. The SMILES string of the molecule is Cc1nc(-c2c(O)cc[nH]c2=O)sc1C(=O)NCc1ccncc1. The van der Waals surface area contributed by atoms with Gasteiger partial charge in [0.25, 0.3) is 11.5 Å². The number of rotatable bonds is 4. The minimum Gasteiger partial charge on any atom is -0.507 e. The second-order valence-electron chi connectivity index (χ2n) is 5.04. The summed E-state index contributed by atoms with van der Waals surface area (Å²) in [6.07, 6.45) is 4.66. The van der Waals surface area contributed by atoms with Gasteiger partial charge >= 0.3 is 0 Å². The summed E-state index contributed by atoms with van der Waals surface area (Å²) in [6.45, 7) is 2.06. The van der Waals surface area contributed by atoms with Gasteiger partial charge in [-0.2, -0.15) is 0 Å². The molecule has 0 saturated carbocycles. The van der Waals surface area contributed by atoms with Crippen LogP contribution in [0.2, 0.25) is 0 Å². The van der Waals surface area contributed by atoms with Gasteiger partial charge < -0.3 is 15.4 Å². The number of H-pyrrole nitrogens is 1. The van der Waals surface area contributed by atoms with Gasteiger partial charge in [0, 0.05) is 25.1 Å². The van der Waals surface area contributed by atoms with E-state index < -0.39 is 5.56 Å². The number of pyridine rings is 2. The zero-order chi connectivity index (χ0) is 17.1. The van der Waals surface area contributed by atoms with Crippen molar-refractivity contribution in [2.24, 2.45) is 0 Å². The number of thiazole rings is 1. The largest absolute Gasteiger partial charge is 0.507 e. The van der Waals surface area contributed by atoms with Crippen LogP contribution in [0.25, 0.3) is 10.6 Å². The Morgan fingerprint density at radius 3 is 2.79 bits per heavy atom. The maximum atomic E-state index is 12.3. The zero-order valence-corrected chi connectivity index (χ0v) is 13.6. The monoisotopic (exact) mass is 342 g/mol. The molecule has 0 atom stereocenters. The fourth-order valence-corrected chi connectivity index (χ4v) is 3.19. The third kappa shape index (κ3) is 3.18. The van der Waals surface area contributed by atoms with E-state index in [0.29, 0.717) is 22.1 Å². The smallest absolute Gasteiger partial charge is 0.263 e. The summed E-state index contributed by atoms with van der Waals surface area (Å²) in [4.78, 5) is 35.3. The zero-order valence-electron chi connectivity index (χ0n) is 12.7. The molecule has 3 heterocycles. The van der Waals surface area contributed by atoms with Crippen molar-refractivity contribution in [3.8, 4) is 16.3 Å². The number of aromatic amines is 1. The molecule has 1 amide bonds. The highest BCUT2D eigenvalue weighted by Gasteiger charge is 2.19. The number of hydrogen-bond acceptors (Lipinski definition) is 6. The topological polar surface area (TPSA) is 108 Å². The van der Waals surface area contributed by atoms with Crippen LogP contribution in [-0.2, 0) is 6.54 Å². The number of carbonyl (C=O) groups excluding carboxylic acids is 1. The molecule has 0 aromatic carbocycles. The maximum absolute atomic E-state index is 12.3. The Kier molecular flexibility index (Phi) is 4.39. The molecule has 0 spiro atoms. The van der Waals surface area contributed by atoms with Gasteiger partial charge in [-0.25, -0.2) is 4.98 Å². The molecule has 0 radical (unpaired) electrons. The molecular formula is C16H14N4O3S. The molecule has 0 unspecified atom stereocenters. The Morgan fingerprint density at radius 2 is 2.08 bits per heavy atom. The maximum Gasteiger partial charge on any atom is 0.263 e. The normalized spacial score (nSPS) is 10.5. The molecule has 3 rings (SSSR count). The number of amides is 1. The van der Waals surface area contributed by atoms with Gasteiger partial charge in [-0.1, -0.05) is 0 Å². The van der Waals surface area contributed by atoms with Crippen LogP contribution in [0.5, 0.6) is 5.75 Å². The number of aromatic nitrogens is 3. The lowest BCUT2D eigenvalue weighted by Crippen LogP contribution is -2.22. The molecule has 24 heavy (non-hydrogen) atoms. The van der Waals surface area contributed by atoms with Crippen LogP contribution in [0.1, 0.15) is 20.9 Å². The molecule has 3 N–H and O–H groups in total. The highest BCUT2D eigenvalue weighted by molar-refractivity contribution is 7.17. The third-order valence-corrected chi connectivity index (χ3v) is 4.53. The number of nitrogens with zero attached hydrogens (tertiary/aromatic N) is 2. The minimum absolute atomic E-state index is 0.0683. The lowest BCUT2D eigenvalue weighted by molar-refractivity contribution is 0.0954. The fourth-order valence-electron chi connectivity index (χ4n) is 2.15. The van der Waals surface area contributed by atoms with Gasteiger partial charge in [-0.15, -0.1) is 11.3 Å². The van der Waals surface area contributed by atoms with Gasteiger partial charge in [0.2, 0.25) is 0 Å². The number of nitrogens with one attached hydrogen (secondary N) is 2. The molecule has 0 aliphatic rings. The first-order valence-corrected chi connectivity index (χ1v) is 7.93. The van der Waals surface area contributed by atoms with Crippen molar-refractivity contribution in [3.63, 3.8) is 0 Å². The van der Waals surface area contributed by atoms with Crippen LogP contribution in [-0.4, -0.2) is 26.0 Å². The van der Waals surface area contributed by atoms with Crippen molar-refractivity contribution in [3.05, 3.63) is 63.3 Å². The highest BCUT2D eigenvalue weighted by atomic mass is 32.1. The summed E-state index contributed by atoms with van der Waals surface area (Å²) in [7, 11) is 0. The highest BCUT2D eigenvalue weighted by Crippen LogP contribution is 2.30. The van der Waals surface area contributed by atoms with Crippen molar-refractivity contribution in [1.82, 2.24) is 20.3 Å². The number of aryl methyl sites for hydroxylation is 1. The van der Waals surface area contributed by atoms with Crippen LogP contribution >= 0.6 is 11.3 Å². The number of hydrogen-bond donors (Lipinski definition) is 3. The lowest BCUT2D eigenvalue weighted by atomic mass is 10.2. The minimum atomic E-state index is -0.451. The molecule has 0 aliphatic heterocycles. The molecule has 0 saturated heterocycles. The number of aromatic hydroxyl groups is 1. The molecule has 0 bridgehead atoms. The predicted octanol–water partition coefficient (Wildman–Crippen LogP) is 1.84. The van der Waals surface area contributed by atoms with Crippen LogP contribution in [0, 0.1) is 6.92 Å². The van der Waals surface area contributed by atoms with Gasteiger partial charge in [-0.05, 0) is 30.7 Å². The second-order valence-corrected chi connectivity index (χ2v) is 6.04. The lowest BCUT2D eigenvalue weighted by Gasteiger charge is -2.03. The van der Waals surface area contributed by atoms with E-state index in [2.05, 4.69) is 20.3 Å². The molecule has 122 valence electrons. The van der Waals surface area contributed by atoms with Crippen molar-refractivity contribution in [2.45, 2.75) is 13.5 Å². The molecule has 8 heteroatoms. The summed E-state index contributed by atoms with van der Waals surface area (Å²) in [5, 5.41) is 13.0. The van der Waals surface area contributed by atoms with Gasteiger partial charge in [0.05, 0.1) is 5.69 Å². The van der Waals surface area contributed by atoms with Crippen LogP contribution in [0.4, 0.5) is 0 Å². The Balaban J connectivity index is 1.84. The van der Waals surface area contributed by atoms with Crippen molar-refractivity contribution in [2.75, 3.05) is 0 Å². The summed E-state index contributed by atoms with van der Waals surface area (Å²) in [5.74, 6) is -0.448. The Hall–Kier alpha value is -3.00. The van der Waals surface area contributed by atoms with Gasteiger partial charge in [0.1, 0.15) is 21.2 Å². The average molecular weight is 342 g/mol. The summed E-state index contributed by atoms with van der Waals surface area (Å²) in [5.41, 5.74) is 1.05. The van der Waals surface area contributed by atoms with E-state index in [1.165, 1.54) is 12.3 Å². The molecule has 0 aliphatic carbocycles. The van der Waals surface area contributed by atoms with Gasteiger partial charge in [-0.3, -0.25) is 14.6 Å². The summed E-state index contributed by atoms with van der Waals surface area (Å²) < 4.78 is 0. The van der Waals surface area contributed by atoms with E-state index >= 15 is 0 Å². The van der Waals surface area contributed by atoms with Crippen LogP contribution in [0.15, 0.2) is 41.6 Å². The van der Waals surface area contributed by atoms with E-state index in [0.717, 1.165) is 16.9 Å². The fraction of sp³-hybridized carbons (Fsp3) is 0.125. The van der Waals surface area contributed by atoms with E-state index in [1.54, 1.807) is 19.3 Å². The molecular weight excluding hydrogens is 328 g/mol. The first kappa shape index (κ1) is 15.9. The third-order valence-electron chi connectivity index (χ3n) is 3.36. The van der Waals surface area contributed by atoms with E-state index in [9.17, 15) is 14.7 Å². The first-order valence-electron chi connectivity index (χ1n) is 7.12. The van der Waals surface area contributed by atoms with Crippen molar-refractivity contribution < 1.29 is 9.90 Å². The van der Waals surface area contributed by atoms with E-state index in [-0.39, 0.29) is 17.2 Å². The van der Waals surface area contributed by atoms with Crippen LogP contribution in [0.3, 0.4) is 0 Å². The number of carbonyl (C=O) groups is 1. The molecule has 3 aromatic heterocycles. The van der Waals surface area contributed by atoms with Crippen LogP contribution < -0.4 is 10.9 Å². The quantitative estimate of drug-likeness (QED) is 0.670. The standard InChI is InChI=1S/C16H14N4O3S/c1-9-13(15(23)19-8-10-2-5-17-6-3-10)24-16(20-9)12-11(21)4-7-18-14(12)22/h2-7H,8H2,1H3,(H,19,23)(H2,18,21,22). The van der Waals surface area contributed by atoms with Gasteiger partial charge in [0.15, 0.2) is 0 Å². The Bertz CT molecular complexity index is 934. The second kappa shape index (κ2) is 6.63. The average Bonchev–Trinajstić information content (AvgIpc) is 2.95. The summed E-state index contributed by atoms with van der Waals surface area (Å²) in [6, 6.07) is 5.00. The van der Waals surface area contributed by atoms with E-state index in [4.69, 9.17) is 0 Å². The van der Waals surface area contributed by atoms with Crippen molar-refractivity contribution in [1.29, 1.82) is 0 Å². The van der Waals surface area contributed by atoms with Crippen molar-refractivity contribution >= 4 is 17.2 Å².